The first-order chi connectivity index (χ1) is 10.3. The first kappa shape index (κ1) is 16.0. The molecule has 2 rings (SSSR count). The highest BCUT2D eigenvalue weighted by atomic mass is 16.5. The average molecular weight is 292 g/mol. The van der Waals surface area contributed by atoms with E-state index in [0.29, 0.717) is 6.04 Å². The minimum absolute atomic E-state index is 0.629. The monoisotopic (exact) mass is 292 g/mol. The SMILES string of the molecule is CCCNc1ncnc(N(CCOC)C2CC2)c1CCC. The van der Waals surface area contributed by atoms with Crippen LogP contribution < -0.4 is 10.2 Å². The Labute approximate surface area is 128 Å². The van der Waals surface area contributed by atoms with Crippen molar-refractivity contribution in [3.63, 3.8) is 0 Å². The van der Waals surface area contributed by atoms with E-state index in [4.69, 9.17) is 4.74 Å². The van der Waals surface area contributed by atoms with Crippen molar-refractivity contribution >= 4 is 11.6 Å². The molecule has 0 unspecified atom stereocenters. The van der Waals surface area contributed by atoms with Crippen LogP contribution in [0.4, 0.5) is 11.6 Å². The highest BCUT2D eigenvalue weighted by Gasteiger charge is 2.31. The van der Waals surface area contributed by atoms with Crippen LogP contribution in [0.25, 0.3) is 0 Å². The lowest BCUT2D eigenvalue weighted by molar-refractivity contribution is 0.204. The molecule has 21 heavy (non-hydrogen) atoms. The number of hydrogen-bond donors (Lipinski definition) is 1. The van der Waals surface area contributed by atoms with Gasteiger partial charge in [0.1, 0.15) is 18.0 Å². The molecule has 1 heterocycles. The number of nitrogens with one attached hydrogen (secondary N) is 1. The highest BCUT2D eigenvalue weighted by molar-refractivity contribution is 5.60. The molecule has 1 aliphatic carbocycles. The number of ether oxygens (including phenoxy) is 1. The smallest absolute Gasteiger partial charge is 0.137 e. The van der Waals surface area contributed by atoms with Gasteiger partial charge in [-0.1, -0.05) is 20.3 Å². The first-order valence-corrected chi connectivity index (χ1v) is 8.15. The zero-order chi connectivity index (χ0) is 15.1. The second-order valence-corrected chi connectivity index (χ2v) is 5.62. The molecule has 0 spiro atoms. The predicted molar refractivity (Wildman–Crippen MR) is 87.1 cm³/mol. The van der Waals surface area contributed by atoms with Crippen molar-refractivity contribution in [1.82, 2.24) is 9.97 Å². The van der Waals surface area contributed by atoms with E-state index in [0.717, 1.165) is 50.6 Å². The number of rotatable bonds is 10. The zero-order valence-corrected chi connectivity index (χ0v) is 13.6. The second kappa shape index (κ2) is 8.17. The van der Waals surface area contributed by atoms with E-state index in [9.17, 15) is 0 Å². The molecule has 5 nitrogen and oxygen atoms in total. The number of aromatic nitrogens is 2. The molecular weight excluding hydrogens is 264 g/mol. The summed E-state index contributed by atoms with van der Waals surface area (Å²) in [7, 11) is 1.76. The summed E-state index contributed by atoms with van der Waals surface area (Å²) in [6.45, 7) is 6.97. The van der Waals surface area contributed by atoms with Gasteiger partial charge in [0.05, 0.1) is 6.61 Å². The maximum atomic E-state index is 5.27. The molecule has 0 amide bonds. The van der Waals surface area contributed by atoms with Crippen molar-refractivity contribution in [2.45, 2.75) is 52.0 Å². The summed E-state index contributed by atoms with van der Waals surface area (Å²) in [4.78, 5) is 11.5. The van der Waals surface area contributed by atoms with Crippen LogP contribution in [0.3, 0.4) is 0 Å². The fraction of sp³-hybridized carbons (Fsp3) is 0.750. The first-order valence-electron chi connectivity index (χ1n) is 8.15. The van der Waals surface area contributed by atoms with Crippen LogP contribution in [0.15, 0.2) is 6.33 Å². The molecule has 5 heteroatoms. The van der Waals surface area contributed by atoms with E-state index in [1.807, 2.05) is 0 Å². The van der Waals surface area contributed by atoms with Crippen LogP contribution in [0.1, 0.15) is 45.1 Å². The largest absolute Gasteiger partial charge is 0.383 e. The lowest BCUT2D eigenvalue weighted by Gasteiger charge is -2.26. The molecule has 1 N–H and O–H groups in total. The lowest BCUT2D eigenvalue weighted by Crippen LogP contribution is -2.31. The Morgan fingerprint density at radius 1 is 1.29 bits per heavy atom. The molecular formula is C16H28N4O. The van der Waals surface area contributed by atoms with Crippen LogP contribution in [0.5, 0.6) is 0 Å². The summed E-state index contributed by atoms with van der Waals surface area (Å²) in [6, 6.07) is 0.629. The van der Waals surface area contributed by atoms with E-state index >= 15 is 0 Å². The average Bonchev–Trinajstić information content (AvgIpc) is 3.32. The Balaban J connectivity index is 2.25. The van der Waals surface area contributed by atoms with E-state index in [-0.39, 0.29) is 0 Å². The molecule has 0 saturated heterocycles. The van der Waals surface area contributed by atoms with Crippen LogP contribution in [0.2, 0.25) is 0 Å². The Morgan fingerprint density at radius 3 is 2.71 bits per heavy atom. The Kier molecular flexibility index (Phi) is 6.23. The van der Waals surface area contributed by atoms with Crippen molar-refractivity contribution in [2.75, 3.05) is 37.0 Å². The molecule has 0 aromatic carbocycles. The van der Waals surface area contributed by atoms with Gasteiger partial charge in [0.25, 0.3) is 0 Å². The summed E-state index contributed by atoms with van der Waals surface area (Å²) in [5, 5.41) is 3.45. The van der Waals surface area contributed by atoms with Crippen molar-refractivity contribution in [1.29, 1.82) is 0 Å². The van der Waals surface area contributed by atoms with Crippen molar-refractivity contribution in [3.05, 3.63) is 11.9 Å². The quantitative estimate of drug-likeness (QED) is 0.718. The van der Waals surface area contributed by atoms with Gasteiger partial charge in [-0.2, -0.15) is 0 Å². The Bertz CT molecular complexity index is 434. The molecule has 1 aromatic heterocycles. The Morgan fingerprint density at radius 2 is 2.10 bits per heavy atom. The van der Waals surface area contributed by atoms with E-state index in [1.54, 1.807) is 13.4 Å². The molecule has 1 aliphatic rings. The third-order valence-corrected chi connectivity index (χ3v) is 3.76. The zero-order valence-electron chi connectivity index (χ0n) is 13.6. The van der Waals surface area contributed by atoms with Gasteiger partial charge in [-0.3, -0.25) is 0 Å². The summed E-state index contributed by atoms with van der Waals surface area (Å²) < 4.78 is 5.27. The van der Waals surface area contributed by atoms with Crippen molar-refractivity contribution in [2.24, 2.45) is 0 Å². The maximum Gasteiger partial charge on any atom is 0.137 e. The summed E-state index contributed by atoms with van der Waals surface area (Å²) >= 11 is 0. The second-order valence-electron chi connectivity index (χ2n) is 5.62. The van der Waals surface area contributed by atoms with Crippen molar-refractivity contribution in [3.8, 4) is 0 Å². The third kappa shape index (κ3) is 4.30. The molecule has 0 aliphatic heterocycles. The fourth-order valence-electron chi connectivity index (χ4n) is 2.56. The van der Waals surface area contributed by atoms with Gasteiger partial charge in [-0.15, -0.1) is 0 Å². The van der Waals surface area contributed by atoms with Gasteiger partial charge in [0.2, 0.25) is 0 Å². The van der Waals surface area contributed by atoms with E-state index in [1.165, 1.54) is 18.4 Å². The molecule has 0 radical (unpaired) electrons. The summed E-state index contributed by atoms with van der Waals surface area (Å²) in [5.74, 6) is 2.11. The summed E-state index contributed by atoms with van der Waals surface area (Å²) in [6.07, 6.45) is 7.42. The van der Waals surface area contributed by atoms with Gasteiger partial charge in [-0.05, 0) is 25.7 Å². The van der Waals surface area contributed by atoms with E-state index < -0.39 is 0 Å². The predicted octanol–water partition coefficient (Wildman–Crippen LogP) is 2.87. The van der Waals surface area contributed by atoms with Crippen LogP contribution in [-0.4, -0.2) is 42.8 Å². The van der Waals surface area contributed by atoms with Crippen LogP contribution in [0, 0.1) is 0 Å². The number of anilines is 2. The maximum absolute atomic E-state index is 5.27. The third-order valence-electron chi connectivity index (χ3n) is 3.76. The van der Waals surface area contributed by atoms with Gasteiger partial charge >= 0.3 is 0 Å². The summed E-state index contributed by atoms with van der Waals surface area (Å²) in [5.41, 5.74) is 1.26. The molecule has 0 bridgehead atoms. The fourth-order valence-corrected chi connectivity index (χ4v) is 2.56. The van der Waals surface area contributed by atoms with Gasteiger partial charge in [0, 0.05) is 31.8 Å². The molecule has 1 aromatic rings. The Hall–Kier alpha value is -1.36. The van der Waals surface area contributed by atoms with Crippen LogP contribution in [-0.2, 0) is 11.2 Å². The van der Waals surface area contributed by atoms with Gasteiger partial charge in [-0.25, -0.2) is 9.97 Å². The minimum atomic E-state index is 0.629. The lowest BCUT2D eigenvalue weighted by atomic mass is 10.1. The van der Waals surface area contributed by atoms with Gasteiger partial charge < -0.3 is 15.0 Å². The van der Waals surface area contributed by atoms with E-state index in [2.05, 4.69) is 34.0 Å². The highest BCUT2D eigenvalue weighted by Crippen LogP contribution is 2.34. The number of nitrogens with zero attached hydrogens (tertiary/aromatic N) is 3. The number of methoxy groups -OCH3 is 1. The molecule has 118 valence electrons. The van der Waals surface area contributed by atoms with Crippen molar-refractivity contribution < 1.29 is 4.74 Å². The minimum Gasteiger partial charge on any atom is -0.383 e. The van der Waals surface area contributed by atoms with Gasteiger partial charge in [0.15, 0.2) is 0 Å². The topological polar surface area (TPSA) is 50.3 Å². The standard InChI is InChI=1S/C16H28N4O/c1-4-6-14-15(17-9-5-2)18-12-19-16(14)20(10-11-21-3)13-7-8-13/h12-13H,4-11H2,1-3H3,(H,17,18,19). The molecule has 1 saturated carbocycles. The van der Waals surface area contributed by atoms with Crippen LogP contribution >= 0.6 is 0 Å². The molecule has 0 atom stereocenters. The normalized spacial score (nSPS) is 14.2. The molecule has 1 fully saturated rings. The number of hydrogen-bond acceptors (Lipinski definition) is 5.